The van der Waals surface area contributed by atoms with E-state index in [1.165, 1.54) is 17.0 Å². The molecule has 1 aromatic carbocycles. The summed E-state index contributed by atoms with van der Waals surface area (Å²) in [4.78, 5) is 24.0. The summed E-state index contributed by atoms with van der Waals surface area (Å²) in [6.45, 7) is 0.432. The number of pyridine rings is 2. The Balaban J connectivity index is 1.55. The summed E-state index contributed by atoms with van der Waals surface area (Å²) in [5.41, 5.74) is 4.54. The van der Waals surface area contributed by atoms with Crippen molar-refractivity contribution in [1.29, 1.82) is 0 Å². The Morgan fingerprint density at radius 1 is 1.03 bits per heavy atom. The molecule has 38 heavy (non-hydrogen) atoms. The molecule has 11 nitrogen and oxygen atoms in total. The molecule has 0 aliphatic carbocycles. The van der Waals surface area contributed by atoms with Gasteiger partial charge in [0.15, 0.2) is 11.6 Å². The quantitative estimate of drug-likeness (QED) is 0.271. The van der Waals surface area contributed by atoms with Gasteiger partial charge in [0.1, 0.15) is 5.52 Å². The van der Waals surface area contributed by atoms with Crippen molar-refractivity contribution in [2.24, 2.45) is 0 Å². The van der Waals surface area contributed by atoms with E-state index in [0.29, 0.717) is 29.3 Å². The molecule has 0 radical (unpaired) electrons. The van der Waals surface area contributed by atoms with Gasteiger partial charge in [0, 0.05) is 35.9 Å². The van der Waals surface area contributed by atoms with E-state index in [2.05, 4.69) is 20.4 Å². The highest BCUT2D eigenvalue weighted by Crippen LogP contribution is 2.31. The van der Waals surface area contributed by atoms with Crippen molar-refractivity contribution in [2.75, 3.05) is 5.32 Å². The minimum atomic E-state index is -4.16. The molecule has 0 bridgehead atoms. The van der Waals surface area contributed by atoms with Crippen LogP contribution in [0, 0.1) is 0 Å². The second-order valence-electron chi connectivity index (χ2n) is 8.11. The number of amides is 1. The monoisotopic (exact) mass is 527 g/mol. The lowest BCUT2D eigenvalue weighted by Gasteiger charge is -2.12. The number of carbonyl (C=O) groups is 1. The van der Waals surface area contributed by atoms with Crippen LogP contribution in [0.15, 0.2) is 90.9 Å². The van der Waals surface area contributed by atoms with Crippen molar-refractivity contribution in [3.05, 3.63) is 102 Å². The molecule has 0 aliphatic rings. The SMILES string of the molecule is O=C(O)NS(=O)(=O)C=Cc1cncc(-c2nc(NCc3ccccn3)c3c(-c4ccccc4)ccn3n2)c1. The summed E-state index contributed by atoms with van der Waals surface area (Å²) in [6.07, 6.45) is 6.14. The largest absolute Gasteiger partial charge is 0.464 e. The summed E-state index contributed by atoms with van der Waals surface area (Å²) in [5, 5.41) is 17.5. The molecule has 1 amide bonds. The summed E-state index contributed by atoms with van der Waals surface area (Å²) in [5.74, 6) is 0.934. The fraction of sp³-hybridized carbons (Fsp3) is 0.0385. The fourth-order valence-corrected chi connectivity index (χ4v) is 4.44. The normalized spacial score (nSPS) is 11.6. The van der Waals surface area contributed by atoms with E-state index in [0.717, 1.165) is 27.7 Å². The molecule has 0 fully saturated rings. The summed E-state index contributed by atoms with van der Waals surface area (Å²) < 4.78 is 26.8. The zero-order valence-corrected chi connectivity index (χ0v) is 20.6. The number of hydrogen-bond acceptors (Lipinski definition) is 8. The first-order valence-corrected chi connectivity index (χ1v) is 12.9. The lowest BCUT2D eigenvalue weighted by Crippen LogP contribution is -2.26. The lowest BCUT2D eigenvalue weighted by molar-refractivity contribution is 0.201. The molecule has 0 unspecified atom stereocenters. The topological polar surface area (TPSA) is 151 Å². The predicted octanol–water partition coefficient (Wildman–Crippen LogP) is 4.03. The molecule has 5 rings (SSSR count). The molecule has 4 heterocycles. The van der Waals surface area contributed by atoms with Crippen molar-refractivity contribution in [1.82, 2.24) is 29.3 Å². The van der Waals surface area contributed by atoms with E-state index in [-0.39, 0.29) is 0 Å². The maximum absolute atomic E-state index is 11.8. The molecule has 0 spiro atoms. The maximum Gasteiger partial charge on any atom is 0.418 e. The van der Waals surface area contributed by atoms with Crippen LogP contribution in [0.2, 0.25) is 0 Å². The van der Waals surface area contributed by atoms with Crippen molar-refractivity contribution in [3.63, 3.8) is 0 Å². The number of rotatable bonds is 8. The third-order valence-corrected chi connectivity index (χ3v) is 6.40. The molecule has 4 aromatic heterocycles. The van der Waals surface area contributed by atoms with E-state index in [1.807, 2.05) is 60.8 Å². The Hall–Kier alpha value is -5.10. The third kappa shape index (κ3) is 5.65. The minimum Gasteiger partial charge on any atom is -0.464 e. The molecule has 0 saturated carbocycles. The predicted molar refractivity (Wildman–Crippen MR) is 142 cm³/mol. The highest BCUT2D eigenvalue weighted by Gasteiger charge is 2.16. The zero-order valence-electron chi connectivity index (χ0n) is 19.8. The average molecular weight is 528 g/mol. The number of fused-ring (bicyclic) bond motifs is 1. The third-order valence-electron chi connectivity index (χ3n) is 5.45. The Bertz CT molecular complexity index is 1740. The second-order valence-corrected chi connectivity index (χ2v) is 9.68. The van der Waals surface area contributed by atoms with Gasteiger partial charge in [-0.15, -0.1) is 5.10 Å². The Labute approximate surface area is 217 Å². The molecule has 0 atom stereocenters. The van der Waals surface area contributed by atoms with Crippen molar-refractivity contribution >= 4 is 33.5 Å². The number of nitrogens with zero attached hydrogens (tertiary/aromatic N) is 5. The van der Waals surface area contributed by atoms with Gasteiger partial charge in [-0.2, -0.15) is 0 Å². The number of aromatic nitrogens is 5. The number of benzene rings is 1. The van der Waals surface area contributed by atoms with Crippen molar-refractivity contribution in [3.8, 4) is 22.5 Å². The van der Waals surface area contributed by atoms with Crippen LogP contribution in [-0.4, -0.2) is 44.2 Å². The molecular formula is C26H21N7O4S. The smallest absolute Gasteiger partial charge is 0.418 e. The summed E-state index contributed by atoms with van der Waals surface area (Å²) in [6, 6.07) is 19.2. The molecule has 0 saturated heterocycles. The highest BCUT2D eigenvalue weighted by molar-refractivity contribution is 7.93. The van der Waals surface area contributed by atoms with E-state index < -0.39 is 16.1 Å². The van der Waals surface area contributed by atoms with Crippen LogP contribution < -0.4 is 10.0 Å². The average Bonchev–Trinajstić information content (AvgIpc) is 3.36. The van der Waals surface area contributed by atoms with Gasteiger partial charge in [-0.3, -0.25) is 9.97 Å². The van der Waals surface area contributed by atoms with Crippen LogP contribution in [0.1, 0.15) is 11.3 Å². The molecule has 190 valence electrons. The van der Waals surface area contributed by atoms with Crippen LogP contribution in [0.3, 0.4) is 0 Å². The van der Waals surface area contributed by atoms with Crippen molar-refractivity contribution in [2.45, 2.75) is 6.54 Å². The lowest BCUT2D eigenvalue weighted by atomic mass is 10.1. The number of nitrogens with one attached hydrogen (secondary N) is 2. The van der Waals surface area contributed by atoms with Crippen LogP contribution in [0.5, 0.6) is 0 Å². The van der Waals surface area contributed by atoms with Gasteiger partial charge in [-0.05, 0) is 41.5 Å². The highest BCUT2D eigenvalue weighted by atomic mass is 32.2. The van der Waals surface area contributed by atoms with E-state index in [1.54, 1.807) is 23.0 Å². The molecule has 0 aliphatic heterocycles. The first kappa shape index (κ1) is 24.6. The first-order valence-electron chi connectivity index (χ1n) is 11.4. The molecule has 5 aromatic rings. The van der Waals surface area contributed by atoms with E-state index in [4.69, 9.17) is 10.1 Å². The van der Waals surface area contributed by atoms with Gasteiger partial charge in [0.2, 0.25) is 0 Å². The van der Waals surface area contributed by atoms with Gasteiger partial charge in [-0.1, -0.05) is 36.4 Å². The first-order chi connectivity index (χ1) is 18.4. The van der Waals surface area contributed by atoms with Crippen LogP contribution in [0.25, 0.3) is 34.1 Å². The number of sulfonamides is 1. The van der Waals surface area contributed by atoms with Crippen LogP contribution in [-0.2, 0) is 16.6 Å². The van der Waals surface area contributed by atoms with Gasteiger partial charge < -0.3 is 10.4 Å². The molecule has 12 heteroatoms. The summed E-state index contributed by atoms with van der Waals surface area (Å²) >= 11 is 0. The fourth-order valence-electron chi connectivity index (χ4n) is 3.79. The zero-order chi connectivity index (χ0) is 26.5. The number of carboxylic acid groups (broad SMARTS) is 1. The summed E-state index contributed by atoms with van der Waals surface area (Å²) in [7, 11) is -4.16. The standard InChI is InChI=1S/C26H21N7O4S/c34-26(35)32-38(36,37)13-10-18-14-20(16-27-15-18)24-30-25(29-17-21-8-4-5-11-28-21)23-22(9-12-33(23)31-24)19-6-2-1-3-7-19/h1-16,32H,17H2,(H,34,35)(H,29,30,31). The van der Waals surface area contributed by atoms with Crippen LogP contribution >= 0.6 is 0 Å². The number of anilines is 1. The minimum absolute atomic E-state index is 0.352. The Morgan fingerprint density at radius 3 is 2.61 bits per heavy atom. The van der Waals surface area contributed by atoms with Gasteiger partial charge in [-0.25, -0.2) is 27.4 Å². The molecular weight excluding hydrogens is 506 g/mol. The van der Waals surface area contributed by atoms with E-state index >= 15 is 0 Å². The Kier molecular flexibility index (Phi) is 6.78. The van der Waals surface area contributed by atoms with Crippen molar-refractivity contribution < 1.29 is 18.3 Å². The van der Waals surface area contributed by atoms with Crippen LogP contribution in [0.4, 0.5) is 10.6 Å². The van der Waals surface area contributed by atoms with Gasteiger partial charge in [0.25, 0.3) is 10.0 Å². The second kappa shape index (κ2) is 10.5. The maximum atomic E-state index is 11.8. The number of hydrogen-bond donors (Lipinski definition) is 3. The van der Waals surface area contributed by atoms with E-state index in [9.17, 15) is 13.2 Å². The van der Waals surface area contributed by atoms with Gasteiger partial charge in [0.05, 0.1) is 17.6 Å². The molecule has 3 N–H and O–H groups in total. The van der Waals surface area contributed by atoms with Gasteiger partial charge >= 0.3 is 6.09 Å². The Morgan fingerprint density at radius 2 is 1.84 bits per heavy atom.